The van der Waals surface area contributed by atoms with E-state index in [9.17, 15) is 30.0 Å². The Labute approximate surface area is 136 Å². The third-order valence-electron chi connectivity index (χ3n) is 4.47. The molecule has 130 valence electrons. The van der Waals surface area contributed by atoms with Gasteiger partial charge in [0.1, 0.15) is 29.7 Å². The SMILES string of the molecule is O=C([C@@H]1CS[C@@H]2[C@H](O)[C@@H](O)[C@H](O)[C@H](O)C(=O)N21)N1CCOCC1. The fourth-order valence-corrected chi connectivity index (χ4v) is 4.56. The van der Waals surface area contributed by atoms with Crippen LogP contribution in [-0.4, -0.2) is 110 Å². The van der Waals surface area contributed by atoms with E-state index in [1.54, 1.807) is 4.90 Å². The van der Waals surface area contributed by atoms with Crippen molar-refractivity contribution in [2.75, 3.05) is 32.1 Å². The zero-order chi connectivity index (χ0) is 16.7. The molecule has 0 spiro atoms. The normalized spacial score (nSPS) is 41.7. The lowest BCUT2D eigenvalue weighted by Gasteiger charge is -2.34. The Hall–Kier alpha value is -0.910. The minimum atomic E-state index is -1.87. The van der Waals surface area contributed by atoms with Crippen LogP contribution in [0.5, 0.6) is 0 Å². The summed E-state index contributed by atoms with van der Waals surface area (Å²) in [7, 11) is 0. The third kappa shape index (κ3) is 2.83. The number of rotatable bonds is 1. The van der Waals surface area contributed by atoms with Gasteiger partial charge < -0.3 is 35.0 Å². The summed E-state index contributed by atoms with van der Waals surface area (Å²) in [6.45, 7) is 1.68. The maximum Gasteiger partial charge on any atom is 0.255 e. The summed E-state index contributed by atoms with van der Waals surface area (Å²) in [5, 5.41) is 38.8. The van der Waals surface area contributed by atoms with Gasteiger partial charge >= 0.3 is 0 Å². The Morgan fingerprint density at radius 2 is 1.74 bits per heavy atom. The van der Waals surface area contributed by atoms with E-state index in [0.717, 1.165) is 16.7 Å². The Morgan fingerprint density at radius 1 is 1.09 bits per heavy atom. The zero-order valence-electron chi connectivity index (χ0n) is 12.3. The van der Waals surface area contributed by atoms with E-state index in [-0.39, 0.29) is 11.7 Å². The van der Waals surface area contributed by atoms with Gasteiger partial charge in [-0.05, 0) is 0 Å². The molecule has 3 rings (SSSR count). The molecule has 3 aliphatic rings. The second kappa shape index (κ2) is 6.54. The van der Waals surface area contributed by atoms with Crippen LogP contribution < -0.4 is 0 Å². The highest BCUT2D eigenvalue weighted by atomic mass is 32.2. The lowest BCUT2D eigenvalue weighted by Crippen LogP contribution is -2.56. The topological polar surface area (TPSA) is 131 Å². The molecule has 6 atom stereocenters. The Kier molecular flexibility index (Phi) is 4.81. The van der Waals surface area contributed by atoms with E-state index < -0.39 is 41.7 Å². The van der Waals surface area contributed by atoms with Crippen LogP contribution in [0.15, 0.2) is 0 Å². The molecule has 0 radical (unpaired) electrons. The predicted molar refractivity (Wildman–Crippen MR) is 78.3 cm³/mol. The minimum Gasteiger partial charge on any atom is -0.387 e. The number of ether oxygens (including phenoxy) is 1. The smallest absolute Gasteiger partial charge is 0.255 e. The number of aliphatic hydroxyl groups is 4. The van der Waals surface area contributed by atoms with Crippen LogP contribution in [0.25, 0.3) is 0 Å². The number of carbonyl (C=O) groups is 2. The van der Waals surface area contributed by atoms with Crippen molar-refractivity contribution in [1.29, 1.82) is 0 Å². The number of hydrogen-bond acceptors (Lipinski definition) is 8. The average Bonchev–Trinajstić information content (AvgIpc) is 3.01. The summed E-state index contributed by atoms with van der Waals surface area (Å²) in [5.41, 5.74) is 0. The van der Waals surface area contributed by atoms with E-state index in [1.165, 1.54) is 0 Å². The van der Waals surface area contributed by atoms with Gasteiger partial charge in [0.05, 0.1) is 13.2 Å². The Balaban J connectivity index is 1.84. The van der Waals surface area contributed by atoms with Crippen LogP contribution >= 0.6 is 11.8 Å². The van der Waals surface area contributed by atoms with E-state index in [1.807, 2.05) is 0 Å². The second-order valence-electron chi connectivity index (χ2n) is 5.84. The number of morpholine rings is 1. The third-order valence-corrected chi connectivity index (χ3v) is 5.82. The number of carbonyl (C=O) groups excluding carboxylic acids is 2. The molecule has 10 heteroatoms. The van der Waals surface area contributed by atoms with Crippen molar-refractivity contribution in [2.45, 2.75) is 35.8 Å². The van der Waals surface area contributed by atoms with Gasteiger partial charge in [-0.2, -0.15) is 0 Å². The van der Waals surface area contributed by atoms with Crippen LogP contribution in [-0.2, 0) is 14.3 Å². The van der Waals surface area contributed by atoms with Gasteiger partial charge in [0.2, 0.25) is 5.91 Å². The molecule has 0 aliphatic carbocycles. The maximum absolute atomic E-state index is 12.7. The molecule has 0 saturated carbocycles. The molecule has 23 heavy (non-hydrogen) atoms. The van der Waals surface area contributed by atoms with Gasteiger partial charge in [-0.15, -0.1) is 11.8 Å². The molecule has 0 unspecified atom stereocenters. The van der Waals surface area contributed by atoms with Gasteiger partial charge in [-0.25, -0.2) is 0 Å². The summed E-state index contributed by atoms with van der Waals surface area (Å²) >= 11 is 1.15. The molecule has 3 aliphatic heterocycles. The van der Waals surface area contributed by atoms with Crippen LogP contribution in [0.3, 0.4) is 0 Å². The molecule has 0 aromatic heterocycles. The molecule has 0 aromatic rings. The van der Waals surface area contributed by atoms with E-state index in [4.69, 9.17) is 4.74 Å². The van der Waals surface area contributed by atoms with E-state index in [0.29, 0.717) is 26.3 Å². The Bertz CT molecular complexity index is 487. The predicted octanol–water partition coefficient (Wildman–Crippen LogP) is -3.43. The second-order valence-corrected chi connectivity index (χ2v) is 6.99. The zero-order valence-corrected chi connectivity index (χ0v) is 13.1. The number of amides is 2. The van der Waals surface area contributed by atoms with Gasteiger partial charge in [-0.3, -0.25) is 9.59 Å². The van der Waals surface area contributed by atoms with Crippen molar-refractivity contribution in [2.24, 2.45) is 0 Å². The highest BCUT2D eigenvalue weighted by Crippen LogP contribution is 2.37. The first-order valence-electron chi connectivity index (χ1n) is 7.46. The lowest BCUT2D eigenvalue weighted by atomic mass is 10.1. The highest BCUT2D eigenvalue weighted by molar-refractivity contribution is 8.00. The molecule has 2 amide bonds. The molecular formula is C13H20N2O7S. The van der Waals surface area contributed by atoms with Crippen molar-refractivity contribution >= 4 is 23.6 Å². The quantitative estimate of drug-likeness (QED) is 0.385. The summed E-state index contributed by atoms with van der Waals surface area (Å²) in [5.74, 6) is -0.865. The molecular weight excluding hydrogens is 328 g/mol. The molecule has 3 saturated heterocycles. The molecule has 9 nitrogen and oxygen atoms in total. The number of fused-ring (bicyclic) bond motifs is 1. The lowest BCUT2D eigenvalue weighted by molar-refractivity contribution is -0.154. The average molecular weight is 348 g/mol. The largest absolute Gasteiger partial charge is 0.387 e. The molecule has 4 N–H and O–H groups in total. The van der Waals surface area contributed by atoms with Crippen molar-refractivity contribution in [3.63, 3.8) is 0 Å². The first-order chi connectivity index (χ1) is 10.9. The Morgan fingerprint density at radius 3 is 2.39 bits per heavy atom. The highest BCUT2D eigenvalue weighted by Gasteiger charge is 2.54. The van der Waals surface area contributed by atoms with Crippen molar-refractivity contribution in [1.82, 2.24) is 9.80 Å². The summed E-state index contributed by atoms with van der Waals surface area (Å²) in [4.78, 5) is 27.8. The molecule has 3 heterocycles. The maximum atomic E-state index is 12.7. The van der Waals surface area contributed by atoms with Crippen LogP contribution in [0.1, 0.15) is 0 Å². The first kappa shape index (κ1) is 16.9. The number of thioether (sulfide) groups is 1. The van der Waals surface area contributed by atoms with Gasteiger partial charge in [0.15, 0.2) is 6.10 Å². The van der Waals surface area contributed by atoms with Crippen LogP contribution in [0.2, 0.25) is 0 Å². The summed E-state index contributed by atoms with van der Waals surface area (Å²) in [6.07, 6.45) is -6.77. The van der Waals surface area contributed by atoms with E-state index in [2.05, 4.69) is 0 Å². The van der Waals surface area contributed by atoms with Crippen molar-refractivity contribution in [3.05, 3.63) is 0 Å². The first-order valence-corrected chi connectivity index (χ1v) is 8.51. The van der Waals surface area contributed by atoms with E-state index >= 15 is 0 Å². The molecule has 3 fully saturated rings. The minimum absolute atomic E-state index is 0.263. The summed E-state index contributed by atoms with van der Waals surface area (Å²) in [6, 6.07) is -0.836. The fraction of sp³-hybridized carbons (Fsp3) is 0.846. The van der Waals surface area contributed by atoms with Crippen LogP contribution in [0, 0.1) is 0 Å². The monoisotopic (exact) mass is 348 g/mol. The van der Waals surface area contributed by atoms with Crippen LogP contribution in [0.4, 0.5) is 0 Å². The van der Waals surface area contributed by atoms with Crippen molar-refractivity contribution < 1.29 is 34.8 Å². The van der Waals surface area contributed by atoms with Gasteiger partial charge in [0, 0.05) is 18.8 Å². The number of nitrogens with zero attached hydrogens (tertiary/aromatic N) is 2. The van der Waals surface area contributed by atoms with Gasteiger partial charge in [0.25, 0.3) is 5.91 Å². The standard InChI is InChI=1S/C13H20N2O7S/c16-7-8(17)10(19)13-15(12(21)9(7)18)6(5-23-13)11(20)14-1-3-22-4-2-14/h6-10,13,16-19H,1-5H2/t6-,7-,8-,9-,10+,13+/m0/s1. The summed E-state index contributed by atoms with van der Waals surface area (Å²) < 4.78 is 5.20. The molecule has 0 bridgehead atoms. The van der Waals surface area contributed by atoms with Gasteiger partial charge in [-0.1, -0.05) is 0 Å². The number of aliphatic hydroxyl groups excluding tert-OH is 4. The van der Waals surface area contributed by atoms with Crippen molar-refractivity contribution in [3.8, 4) is 0 Å². The molecule has 0 aromatic carbocycles. The fourth-order valence-electron chi connectivity index (χ4n) is 3.11. The number of hydrogen-bond donors (Lipinski definition) is 4.